The van der Waals surface area contributed by atoms with Crippen molar-refractivity contribution in [1.82, 2.24) is 5.32 Å². The van der Waals surface area contributed by atoms with Crippen LogP contribution in [0.1, 0.15) is 42.5 Å². The van der Waals surface area contributed by atoms with Gasteiger partial charge in [-0.05, 0) is 47.6 Å². The molecule has 0 bridgehead atoms. The number of nitrogens with two attached hydrogens (primary N) is 1. The van der Waals surface area contributed by atoms with Crippen LogP contribution in [-0.4, -0.2) is 22.5 Å². The van der Waals surface area contributed by atoms with Crippen molar-refractivity contribution in [3.63, 3.8) is 0 Å². The van der Waals surface area contributed by atoms with E-state index < -0.39 is 5.54 Å². The summed E-state index contributed by atoms with van der Waals surface area (Å²) >= 11 is 2.13. The molecule has 2 rings (SSSR count). The zero-order valence-electron chi connectivity index (χ0n) is 11.1. The molecule has 1 fully saturated rings. The Morgan fingerprint density at radius 2 is 1.95 bits per heavy atom. The number of hydrogen-bond donors (Lipinski definition) is 3. The first kappa shape index (κ1) is 15.1. The maximum Gasteiger partial charge on any atom is 0.253 e. The highest BCUT2D eigenvalue weighted by atomic mass is 127. The number of benzene rings is 1. The third kappa shape index (κ3) is 3.05. The first-order valence-corrected chi connectivity index (χ1v) is 7.72. The van der Waals surface area contributed by atoms with Crippen molar-refractivity contribution < 1.29 is 10.0 Å². The van der Waals surface area contributed by atoms with E-state index >= 15 is 0 Å². The average molecular weight is 387 g/mol. The van der Waals surface area contributed by atoms with E-state index in [1.165, 1.54) is 0 Å². The van der Waals surface area contributed by atoms with E-state index in [0.717, 1.165) is 22.8 Å². The Hall–Kier alpha value is -1.31. The lowest BCUT2D eigenvalue weighted by Crippen LogP contribution is -2.58. The largest absolute Gasteiger partial charge is 0.409 e. The van der Waals surface area contributed by atoms with Gasteiger partial charge in [-0.15, -0.1) is 0 Å². The van der Waals surface area contributed by atoms with Crippen molar-refractivity contribution in [3.8, 4) is 0 Å². The maximum absolute atomic E-state index is 12.5. The van der Waals surface area contributed by atoms with E-state index in [4.69, 9.17) is 10.9 Å². The van der Waals surface area contributed by atoms with E-state index in [2.05, 4.69) is 33.1 Å². The summed E-state index contributed by atoms with van der Waals surface area (Å²) in [7, 11) is 0. The van der Waals surface area contributed by atoms with Gasteiger partial charge in [-0.25, -0.2) is 0 Å². The summed E-state index contributed by atoms with van der Waals surface area (Å²) in [5.41, 5.74) is 5.73. The zero-order chi connectivity index (χ0) is 14.6. The van der Waals surface area contributed by atoms with Gasteiger partial charge in [-0.1, -0.05) is 36.6 Å². The highest BCUT2D eigenvalue weighted by Gasteiger charge is 2.38. The molecule has 108 valence electrons. The number of rotatable bonds is 3. The Labute approximate surface area is 131 Å². The quantitative estimate of drug-likeness (QED) is 0.245. The minimum Gasteiger partial charge on any atom is -0.409 e. The van der Waals surface area contributed by atoms with Crippen molar-refractivity contribution in [2.75, 3.05) is 0 Å². The lowest BCUT2D eigenvalue weighted by atomic mass is 9.80. The molecule has 0 saturated heterocycles. The SMILES string of the molecule is N/C(=N/O)C1(NC(=O)c2ccccc2I)CCCCC1. The molecular weight excluding hydrogens is 369 g/mol. The smallest absolute Gasteiger partial charge is 0.253 e. The zero-order valence-corrected chi connectivity index (χ0v) is 13.3. The van der Waals surface area contributed by atoms with Crippen LogP contribution >= 0.6 is 22.6 Å². The van der Waals surface area contributed by atoms with Crippen LogP contribution in [0.15, 0.2) is 29.4 Å². The van der Waals surface area contributed by atoms with E-state index in [-0.39, 0.29) is 11.7 Å². The number of nitrogens with zero attached hydrogens (tertiary/aromatic N) is 1. The second kappa shape index (κ2) is 6.43. The molecule has 0 radical (unpaired) electrons. The van der Waals surface area contributed by atoms with Gasteiger partial charge in [0.15, 0.2) is 5.84 Å². The molecule has 6 heteroatoms. The molecule has 4 N–H and O–H groups in total. The molecule has 1 aromatic rings. The number of amidine groups is 1. The molecule has 0 aromatic heterocycles. The molecule has 5 nitrogen and oxygen atoms in total. The molecule has 0 atom stereocenters. The van der Waals surface area contributed by atoms with Crippen LogP contribution in [-0.2, 0) is 0 Å². The topological polar surface area (TPSA) is 87.7 Å². The lowest BCUT2D eigenvalue weighted by molar-refractivity contribution is 0.0905. The Morgan fingerprint density at radius 3 is 2.55 bits per heavy atom. The van der Waals surface area contributed by atoms with Crippen LogP contribution in [0.4, 0.5) is 0 Å². The van der Waals surface area contributed by atoms with Crippen LogP contribution < -0.4 is 11.1 Å². The van der Waals surface area contributed by atoms with Gasteiger partial charge < -0.3 is 16.3 Å². The van der Waals surface area contributed by atoms with Crippen LogP contribution in [0.5, 0.6) is 0 Å². The molecule has 1 aromatic carbocycles. The second-order valence-electron chi connectivity index (χ2n) is 5.06. The molecule has 1 aliphatic rings. The van der Waals surface area contributed by atoms with Gasteiger partial charge in [0, 0.05) is 3.57 Å². The summed E-state index contributed by atoms with van der Waals surface area (Å²) in [6.45, 7) is 0. The molecule has 0 aliphatic heterocycles. The normalized spacial score (nSPS) is 18.6. The van der Waals surface area contributed by atoms with Crippen molar-refractivity contribution in [3.05, 3.63) is 33.4 Å². The van der Waals surface area contributed by atoms with Gasteiger partial charge in [0.25, 0.3) is 5.91 Å². The average Bonchev–Trinajstić information content (AvgIpc) is 2.47. The standard InChI is InChI=1S/C14H18IN3O2/c15-11-7-3-2-6-10(11)12(19)17-14(13(16)18-20)8-4-1-5-9-14/h2-3,6-7,20H,1,4-5,8-9H2,(H2,16,18)(H,17,19). The number of hydrogen-bond acceptors (Lipinski definition) is 3. The van der Waals surface area contributed by atoms with E-state index in [9.17, 15) is 4.79 Å². The predicted molar refractivity (Wildman–Crippen MR) is 85.9 cm³/mol. The van der Waals surface area contributed by atoms with Crippen LogP contribution in [0.25, 0.3) is 0 Å². The number of halogens is 1. The monoisotopic (exact) mass is 387 g/mol. The minimum absolute atomic E-state index is 0.0940. The summed E-state index contributed by atoms with van der Waals surface area (Å²) in [6.07, 6.45) is 4.44. The fourth-order valence-electron chi connectivity index (χ4n) is 2.63. The van der Waals surface area contributed by atoms with Crippen molar-refractivity contribution in [1.29, 1.82) is 0 Å². The summed E-state index contributed by atoms with van der Waals surface area (Å²) < 4.78 is 0.882. The summed E-state index contributed by atoms with van der Waals surface area (Å²) in [5.74, 6) is -0.0833. The van der Waals surface area contributed by atoms with Crippen molar-refractivity contribution >= 4 is 34.3 Å². The highest BCUT2D eigenvalue weighted by molar-refractivity contribution is 14.1. The number of oxime groups is 1. The molecule has 1 amide bonds. The second-order valence-corrected chi connectivity index (χ2v) is 6.22. The maximum atomic E-state index is 12.5. The Bertz CT molecular complexity index is 525. The summed E-state index contributed by atoms with van der Waals surface area (Å²) in [4.78, 5) is 12.5. The van der Waals surface area contributed by atoms with Gasteiger partial charge >= 0.3 is 0 Å². The van der Waals surface area contributed by atoms with Gasteiger partial charge in [-0.3, -0.25) is 4.79 Å². The summed E-state index contributed by atoms with van der Waals surface area (Å²) in [6, 6.07) is 7.37. The van der Waals surface area contributed by atoms with E-state index in [1.54, 1.807) is 6.07 Å². The molecule has 20 heavy (non-hydrogen) atoms. The first-order valence-electron chi connectivity index (χ1n) is 6.64. The Morgan fingerprint density at radius 1 is 1.30 bits per heavy atom. The predicted octanol–water partition coefficient (Wildman–Crippen LogP) is 2.47. The lowest BCUT2D eigenvalue weighted by Gasteiger charge is -2.36. The van der Waals surface area contributed by atoms with Gasteiger partial charge in [-0.2, -0.15) is 0 Å². The summed E-state index contributed by atoms with van der Waals surface area (Å²) in [5, 5.41) is 15.1. The van der Waals surface area contributed by atoms with Gasteiger partial charge in [0.2, 0.25) is 0 Å². The number of nitrogens with one attached hydrogen (secondary N) is 1. The van der Waals surface area contributed by atoms with Crippen molar-refractivity contribution in [2.45, 2.75) is 37.6 Å². The molecule has 0 spiro atoms. The molecule has 1 aliphatic carbocycles. The van der Waals surface area contributed by atoms with Gasteiger partial charge in [0.05, 0.1) is 5.56 Å². The van der Waals surface area contributed by atoms with Crippen molar-refractivity contribution in [2.24, 2.45) is 10.9 Å². The third-order valence-corrected chi connectivity index (χ3v) is 4.72. The number of carbonyl (C=O) groups is 1. The third-order valence-electron chi connectivity index (χ3n) is 3.78. The van der Waals surface area contributed by atoms with E-state index in [0.29, 0.717) is 18.4 Å². The minimum atomic E-state index is -0.719. The van der Waals surface area contributed by atoms with Crippen LogP contribution in [0.3, 0.4) is 0 Å². The number of amides is 1. The Kier molecular flexibility index (Phi) is 4.85. The van der Waals surface area contributed by atoms with Crippen LogP contribution in [0.2, 0.25) is 0 Å². The fourth-order valence-corrected chi connectivity index (χ4v) is 3.26. The van der Waals surface area contributed by atoms with Crippen LogP contribution in [0, 0.1) is 3.57 Å². The van der Waals surface area contributed by atoms with E-state index in [1.807, 2.05) is 18.2 Å². The number of carbonyl (C=O) groups excluding carboxylic acids is 1. The first-order chi connectivity index (χ1) is 9.59. The fraction of sp³-hybridized carbons (Fsp3) is 0.429. The molecule has 0 heterocycles. The highest BCUT2D eigenvalue weighted by Crippen LogP contribution is 2.29. The van der Waals surface area contributed by atoms with Gasteiger partial charge in [0.1, 0.15) is 5.54 Å². The molecular formula is C14H18IN3O2. The molecule has 1 saturated carbocycles. The Balaban J connectivity index is 2.24. The molecule has 0 unspecified atom stereocenters.